The van der Waals surface area contributed by atoms with Crippen LogP contribution in [0.2, 0.25) is 0 Å². The number of nitrogens with one attached hydrogen (secondary N) is 1. The number of hydrogen-bond donors (Lipinski definition) is 2. The van der Waals surface area contributed by atoms with E-state index in [2.05, 4.69) is 5.32 Å². The van der Waals surface area contributed by atoms with E-state index in [0.717, 1.165) is 6.42 Å². The Balaban J connectivity index is 2.14. The number of hydrogen-bond acceptors (Lipinski definition) is 3. The molecule has 1 aromatic rings. The number of carboxylic acid groups (broad SMARTS) is 1. The third-order valence-electron chi connectivity index (χ3n) is 3.51. The largest absolute Gasteiger partial charge is 0.481 e. The Morgan fingerprint density at radius 1 is 1.56 bits per heavy atom. The number of nitriles is 1. The van der Waals surface area contributed by atoms with E-state index in [1.807, 2.05) is 0 Å². The maximum atomic E-state index is 13.3. The number of halogens is 1. The van der Waals surface area contributed by atoms with Gasteiger partial charge < -0.3 is 10.4 Å². The second kappa shape index (κ2) is 4.65. The van der Waals surface area contributed by atoms with E-state index in [1.165, 1.54) is 12.1 Å². The van der Waals surface area contributed by atoms with E-state index in [-0.39, 0.29) is 12.1 Å². The highest BCUT2D eigenvalue weighted by molar-refractivity contribution is 5.76. The van der Waals surface area contributed by atoms with E-state index in [0.29, 0.717) is 18.5 Å². The van der Waals surface area contributed by atoms with Crippen LogP contribution in [0.4, 0.5) is 10.1 Å². The van der Waals surface area contributed by atoms with Gasteiger partial charge >= 0.3 is 5.97 Å². The molecule has 1 aliphatic rings. The minimum atomic E-state index is -0.837. The molecule has 0 saturated heterocycles. The zero-order chi connectivity index (χ0) is 13.2. The molecular weight excluding hydrogens is 235 g/mol. The van der Waals surface area contributed by atoms with Crippen molar-refractivity contribution < 1.29 is 14.3 Å². The summed E-state index contributed by atoms with van der Waals surface area (Å²) in [6.07, 6.45) is 2.13. The SMILES string of the molecule is N#Cc1c(F)cccc1NCC1(C(=O)O)CCC1. The molecule has 0 unspecified atom stereocenters. The van der Waals surface area contributed by atoms with Crippen molar-refractivity contribution >= 4 is 11.7 Å². The number of aliphatic carboxylic acids is 1. The van der Waals surface area contributed by atoms with Gasteiger partial charge in [-0.05, 0) is 25.0 Å². The third kappa shape index (κ3) is 2.02. The van der Waals surface area contributed by atoms with Gasteiger partial charge in [-0.25, -0.2) is 4.39 Å². The first kappa shape index (κ1) is 12.4. The fraction of sp³-hybridized carbons (Fsp3) is 0.385. The lowest BCUT2D eigenvalue weighted by atomic mass is 9.69. The first-order chi connectivity index (χ1) is 8.59. The van der Waals surface area contributed by atoms with E-state index < -0.39 is 17.2 Å². The van der Waals surface area contributed by atoms with Crippen LogP contribution in [-0.4, -0.2) is 17.6 Å². The molecule has 2 rings (SSSR count). The molecule has 0 amide bonds. The second-order valence-electron chi connectivity index (χ2n) is 4.57. The van der Waals surface area contributed by atoms with Gasteiger partial charge in [0.05, 0.1) is 11.1 Å². The summed E-state index contributed by atoms with van der Waals surface area (Å²) in [5.74, 6) is -1.43. The number of carboxylic acids is 1. The minimum absolute atomic E-state index is 0.0719. The van der Waals surface area contributed by atoms with Crippen LogP contribution >= 0.6 is 0 Å². The van der Waals surface area contributed by atoms with Crippen LogP contribution in [0, 0.1) is 22.6 Å². The summed E-state index contributed by atoms with van der Waals surface area (Å²) in [5, 5.41) is 20.9. The zero-order valence-corrected chi connectivity index (χ0v) is 9.74. The molecule has 0 radical (unpaired) electrons. The van der Waals surface area contributed by atoms with Crippen LogP contribution in [0.3, 0.4) is 0 Å². The molecule has 1 fully saturated rings. The van der Waals surface area contributed by atoms with Crippen molar-refractivity contribution in [1.29, 1.82) is 5.26 Å². The quantitative estimate of drug-likeness (QED) is 0.857. The van der Waals surface area contributed by atoms with Crippen LogP contribution in [0.15, 0.2) is 18.2 Å². The number of nitrogens with zero attached hydrogens (tertiary/aromatic N) is 1. The molecule has 1 saturated carbocycles. The van der Waals surface area contributed by atoms with Crippen LogP contribution in [0.25, 0.3) is 0 Å². The average molecular weight is 248 g/mol. The van der Waals surface area contributed by atoms with Crippen LogP contribution in [0.1, 0.15) is 24.8 Å². The molecule has 0 aromatic heterocycles. The highest BCUT2D eigenvalue weighted by Gasteiger charge is 2.44. The third-order valence-corrected chi connectivity index (χ3v) is 3.51. The minimum Gasteiger partial charge on any atom is -0.481 e. The van der Waals surface area contributed by atoms with Gasteiger partial charge in [0.15, 0.2) is 0 Å². The molecule has 2 N–H and O–H groups in total. The Morgan fingerprint density at radius 3 is 2.78 bits per heavy atom. The highest BCUT2D eigenvalue weighted by atomic mass is 19.1. The summed E-state index contributed by atoms with van der Waals surface area (Å²) >= 11 is 0. The Hall–Kier alpha value is -2.09. The molecule has 18 heavy (non-hydrogen) atoms. The predicted molar refractivity (Wildman–Crippen MR) is 63.5 cm³/mol. The highest BCUT2D eigenvalue weighted by Crippen LogP contribution is 2.41. The van der Waals surface area contributed by atoms with Crippen molar-refractivity contribution in [3.63, 3.8) is 0 Å². The van der Waals surface area contributed by atoms with Crippen molar-refractivity contribution in [2.24, 2.45) is 5.41 Å². The summed E-state index contributed by atoms with van der Waals surface area (Å²) in [7, 11) is 0. The molecule has 0 bridgehead atoms. The Kier molecular flexibility index (Phi) is 3.19. The van der Waals surface area contributed by atoms with Crippen molar-refractivity contribution in [2.75, 3.05) is 11.9 Å². The van der Waals surface area contributed by atoms with Crippen LogP contribution in [-0.2, 0) is 4.79 Å². The van der Waals surface area contributed by atoms with Gasteiger partial charge in [-0.3, -0.25) is 4.79 Å². The molecule has 0 atom stereocenters. The molecule has 1 aliphatic carbocycles. The summed E-state index contributed by atoms with van der Waals surface area (Å²) < 4.78 is 13.3. The lowest BCUT2D eigenvalue weighted by Crippen LogP contribution is -2.43. The van der Waals surface area contributed by atoms with Gasteiger partial charge in [-0.2, -0.15) is 5.26 Å². The van der Waals surface area contributed by atoms with Gasteiger partial charge in [0.1, 0.15) is 17.4 Å². The predicted octanol–water partition coefficient (Wildman–Crippen LogP) is 2.36. The van der Waals surface area contributed by atoms with Gasteiger partial charge in [0.25, 0.3) is 0 Å². The van der Waals surface area contributed by atoms with Crippen molar-refractivity contribution in [1.82, 2.24) is 0 Å². The Morgan fingerprint density at radius 2 is 2.28 bits per heavy atom. The second-order valence-corrected chi connectivity index (χ2v) is 4.57. The average Bonchev–Trinajstić information content (AvgIpc) is 2.27. The fourth-order valence-corrected chi connectivity index (χ4v) is 2.12. The number of anilines is 1. The summed E-state index contributed by atoms with van der Waals surface area (Å²) in [5.41, 5.74) is -0.485. The summed E-state index contributed by atoms with van der Waals surface area (Å²) in [6.45, 7) is 0.223. The first-order valence-corrected chi connectivity index (χ1v) is 5.75. The van der Waals surface area contributed by atoms with Crippen LogP contribution in [0.5, 0.6) is 0 Å². The zero-order valence-electron chi connectivity index (χ0n) is 9.74. The van der Waals surface area contributed by atoms with Crippen molar-refractivity contribution in [2.45, 2.75) is 19.3 Å². The standard InChI is InChI=1S/C13H13FN2O2/c14-10-3-1-4-11(9(10)7-15)16-8-13(12(17)18)5-2-6-13/h1,3-4,16H,2,5-6,8H2,(H,17,18). The number of benzene rings is 1. The van der Waals surface area contributed by atoms with E-state index in [9.17, 15) is 9.18 Å². The lowest BCUT2D eigenvalue weighted by Gasteiger charge is -2.37. The smallest absolute Gasteiger partial charge is 0.311 e. The lowest BCUT2D eigenvalue weighted by molar-refractivity contribution is -0.153. The summed E-state index contributed by atoms with van der Waals surface area (Å²) in [6, 6.07) is 6.06. The van der Waals surface area contributed by atoms with Crippen molar-refractivity contribution in [3.05, 3.63) is 29.6 Å². The topological polar surface area (TPSA) is 73.1 Å². The van der Waals surface area contributed by atoms with Gasteiger partial charge in [-0.1, -0.05) is 12.5 Å². The maximum absolute atomic E-state index is 13.3. The fourth-order valence-electron chi connectivity index (χ4n) is 2.12. The van der Waals surface area contributed by atoms with E-state index >= 15 is 0 Å². The first-order valence-electron chi connectivity index (χ1n) is 5.75. The molecule has 0 heterocycles. The molecule has 4 nitrogen and oxygen atoms in total. The molecular formula is C13H13FN2O2. The van der Waals surface area contributed by atoms with Gasteiger partial charge in [0.2, 0.25) is 0 Å². The number of carbonyl (C=O) groups is 1. The molecule has 5 heteroatoms. The Bertz CT molecular complexity index is 518. The van der Waals surface area contributed by atoms with Gasteiger partial charge in [0, 0.05) is 6.54 Å². The summed E-state index contributed by atoms with van der Waals surface area (Å²) in [4.78, 5) is 11.2. The molecule has 94 valence electrons. The van der Waals surface area contributed by atoms with Crippen LogP contribution < -0.4 is 5.32 Å². The molecule has 0 aliphatic heterocycles. The molecule has 0 spiro atoms. The van der Waals surface area contributed by atoms with E-state index in [1.54, 1.807) is 12.1 Å². The van der Waals surface area contributed by atoms with Gasteiger partial charge in [-0.15, -0.1) is 0 Å². The maximum Gasteiger partial charge on any atom is 0.311 e. The normalized spacial score (nSPS) is 16.4. The van der Waals surface area contributed by atoms with E-state index in [4.69, 9.17) is 10.4 Å². The Labute approximate surface area is 104 Å². The monoisotopic (exact) mass is 248 g/mol. The molecule has 1 aromatic carbocycles. The van der Waals surface area contributed by atoms with Crippen molar-refractivity contribution in [3.8, 4) is 6.07 Å². The number of rotatable bonds is 4.